The topological polar surface area (TPSA) is 42.9 Å². The SMILES string of the molecule is CN=C(NCCN(C(C)C)C1CC1)NCc1ccc(CN2CCCC2)cc1. The fourth-order valence-electron chi connectivity index (χ4n) is 3.94. The number of benzene rings is 1. The van der Waals surface area contributed by atoms with Gasteiger partial charge >= 0.3 is 0 Å². The molecule has 1 saturated carbocycles. The highest BCUT2D eigenvalue weighted by Gasteiger charge is 2.30. The standard InChI is InChI=1S/C22H37N5/c1-18(2)27(21-10-11-21)15-12-24-22(23-3)25-16-19-6-8-20(9-7-19)17-26-13-4-5-14-26/h6-9,18,21H,4-5,10-17H2,1-3H3,(H2,23,24,25). The van der Waals surface area contributed by atoms with E-state index in [1.165, 1.54) is 49.9 Å². The van der Waals surface area contributed by atoms with Crippen LogP contribution in [-0.2, 0) is 13.1 Å². The van der Waals surface area contributed by atoms with Crippen LogP contribution < -0.4 is 10.6 Å². The van der Waals surface area contributed by atoms with Gasteiger partial charge in [0.15, 0.2) is 5.96 Å². The fraction of sp³-hybridized carbons (Fsp3) is 0.682. The number of hydrogen-bond acceptors (Lipinski definition) is 3. The molecule has 1 aromatic carbocycles. The summed E-state index contributed by atoms with van der Waals surface area (Å²) in [5.41, 5.74) is 2.71. The molecule has 27 heavy (non-hydrogen) atoms. The monoisotopic (exact) mass is 371 g/mol. The van der Waals surface area contributed by atoms with E-state index in [1.807, 2.05) is 7.05 Å². The summed E-state index contributed by atoms with van der Waals surface area (Å²) >= 11 is 0. The smallest absolute Gasteiger partial charge is 0.191 e. The van der Waals surface area contributed by atoms with Gasteiger partial charge in [-0.15, -0.1) is 0 Å². The Bertz CT molecular complexity index is 583. The summed E-state index contributed by atoms with van der Waals surface area (Å²) in [7, 11) is 1.84. The molecular formula is C22H37N5. The summed E-state index contributed by atoms with van der Waals surface area (Å²) < 4.78 is 0. The van der Waals surface area contributed by atoms with Crippen LogP contribution in [0.4, 0.5) is 0 Å². The summed E-state index contributed by atoms with van der Waals surface area (Å²) in [4.78, 5) is 9.50. The Balaban J connectivity index is 1.38. The summed E-state index contributed by atoms with van der Waals surface area (Å²) in [6.45, 7) is 11.0. The van der Waals surface area contributed by atoms with Gasteiger partial charge in [0.05, 0.1) is 0 Å². The summed E-state index contributed by atoms with van der Waals surface area (Å²) in [6, 6.07) is 10.4. The number of likely N-dealkylation sites (tertiary alicyclic amines) is 1. The first-order valence-electron chi connectivity index (χ1n) is 10.7. The van der Waals surface area contributed by atoms with Crippen molar-refractivity contribution in [3.05, 3.63) is 35.4 Å². The molecule has 1 aliphatic carbocycles. The average Bonchev–Trinajstić information content (AvgIpc) is 3.38. The van der Waals surface area contributed by atoms with Gasteiger partial charge in [-0.3, -0.25) is 14.8 Å². The minimum atomic E-state index is 0.619. The van der Waals surface area contributed by atoms with Gasteiger partial charge < -0.3 is 10.6 Å². The van der Waals surface area contributed by atoms with E-state index in [4.69, 9.17) is 0 Å². The lowest BCUT2D eigenvalue weighted by Crippen LogP contribution is -2.43. The lowest BCUT2D eigenvalue weighted by atomic mass is 10.1. The number of nitrogens with zero attached hydrogens (tertiary/aromatic N) is 3. The first-order valence-corrected chi connectivity index (χ1v) is 10.7. The lowest BCUT2D eigenvalue weighted by Gasteiger charge is -2.26. The van der Waals surface area contributed by atoms with Gasteiger partial charge in [-0.2, -0.15) is 0 Å². The molecule has 1 heterocycles. The molecule has 1 aromatic rings. The zero-order chi connectivity index (χ0) is 19.1. The maximum Gasteiger partial charge on any atom is 0.191 e. The Morgan fingerprint density at radius 2 is 1.78 bits per heavy atom. The Morgan fingerprint density at radius 1 is 1.11 bits per heavy atom. The molecule has 0 radical (unpaired) electrons. The minimum Gasteiger partial charge on any atom is -0.355 e. The third-order valence-electron chi connectivity index (χ3n) is 5.65. The minimum absolute atomic E-state index is 0.619. The number of hydrogen-bond donors (Lipinski definition) is 2. The highest BCUT2D eigenvalue weighted by Crippen LogP contribution is 2.27. The van der Waals surface area contributed by atoms with Gasteiger partial charge in [0.1, 0.15) is 0 Å². The van der Waals surface area contributed by atoms with Gasteiger partial charge in [0.2, 0.25) is 0 Å². The first-order chi connectivity index (χ1) is 13.2. The molecule has 5 nitrogen and oxygen atoms in total. The molecule has 0 amide bonds. The predicted molar refractivity (Wildman–Crippen MR) is 114 cm³/mol. The second-order valence-electron chi connectivity index (χ2n) is 8.22. The van der Waals surface area contributed by atoms with Crippen LogP contribution in [0.15, 0.2) is 29.3 Å². The van der Waals surface area contributed by atoms with E-state index in [-0.39, 0.29) is 0 Å². The van der Waals surface area contributed by atoms with Gasteiger partial charge in [0.25, 0.3) is 0 Å². The van der Waals surface area contributed by atoms with Crippen LogP contribution in [0.3, 0.4) is 0 Å². The maximum absolute atomic E-state index is 4.36. The van der Waals surface area contributed by atoms with Crippen molar-refractivity contribution in [2.24, 2.45) is 4.99 Å². The molecule has 5 heteroatoms. The number of guanidine groups is 1. The van der Waals surface area contributed by atoms with Crippen molar-refractivity contribution in [1.29, 1.82) is 0 Å². The van der Waals surface area contributed by atoms with Gasteiger partial charge in [0, 0.05) is 45.3 Å². The quantitative estimate of drug-likeness (QED) is 0.517. The summed E-state index contributed by atoms with van der Waals surface area (Å²) in [5, 5.41) is 6.89. The van der Waals surface area contributed by atoms with E-state index in [2.05, 4.69) is 63.5 Å². The molecule has 0 atom stereocenters. The van der Waals surface area contributed by atoms with Crippen LogP contribution in [0, 0.1) is 0 Å². The van der Waals surface area contributed by atoms with Crippen LogP contribution in [0.1, 0.15) is 50.7 Å². The van der Waals surface area contributed by atoms with E-state index in [0.717, 1.165) is 38.2 Å². The normalized spacial score (nSPS) is 18.5. The molecule has 2 N–H and O–H groups in total. The van der Waals surface area contributed by atoms with Crippen molar-refractivity contribution < 1.29 is 0 Å². The number of rotatable bonds is 9. The molecular weight excluding hydrogens is 334 g/mol. The van der Waals surface area contributed by atoms with Gasteiger partial charge in [-0.05, 0) is 63.7 Å². The third-order valence-corrected chi connectivity index (χ3v) is 5.65. The van der Waals surface area contributed by atoms with Crippen molar-refractivity contribution in [2.75, 3.05) is 33.2 Å². The molecule has 2 aliphatic rings. The first kappa shape index (κ1) is 20.2. The fourth-order valence-corrected chi connectivity index (χ4v) is 3.94. The third kappa shape index (κ3) is 6.51. The van der Waals surface area contributed by atoms with E-state index in [9.17, 15) is 0 Å². The van der Waals surface area contributed by atoms with E-state index < -0.39 is 0 Å². The van der Waals surface area contributed by atoms with Crippen molar-refractivity contribution in [2.45, 2.75) is 64.7 Å². The molecule has 1 aliphatic heterocycles. The Hall–Kier alpha value is -1.59. The second-order valence-corrected chi connectivity index (χ2v) is 8.22. The zero-order valence-corrected chi connectivity index (χ0v) is 17.4. The number of nitrogens with one attached hydrogen (secondary N) is 2. The Morgan fingerprint density at radius 3 is 2.37 bits per heavy atom. The van der Waals surface area contributed by atoms with Crippen molar-refractivity contribution in [3.63, 3.8) is 0 Å². The van der Waals surface area contributed by atoms with Crippen molar-refractivity contribution in [1.82, 2.24) is 20.4 Å². The molecule has 0 spiro atoms. The van der Waals surface area contributed by atoms with Crippen LogP contribution >= 0.6 is 0 Å². The van der Waals surface area contributed by atoms with E-state index >= 15 is 0 Å². The lowest BCUT2D eigenvalue weighted by molar-refractivity contribution is 0.215. The van der Waals surface area contributed by atoms with Crippen LogP contribution in [0.2, 0.25) is 0 Å². The maximum atomic E-state index is 4.36. The van der Waals surface area contributed by atoms with Gasteiger partial charge in [-0.1, -0.05) is 24.3 Å². The highest BCUT2D eigenvalue weighted by atomic mass is 15.2. The Labute approximate surface area is 165 Å². The summed E-state index contributed by atoms with van der Waals surface area (Å²) in [6.07, 6.45) is 5.42. The highest BCUT2D eigenvalue weighted by molar-refractivity contribution is 5.79. The van der Waals surface area contributed by atoms with Crippen LogP contribution in [0.25, 0.3) is 0 Å². The van der Waals surface area contributed by atoms with Crippen molar-refractivity contribution >= 4 is 5.96 Å². The second kappa shape index (κ2) is 10.1. The predicted octanol–water partition coefficient (Wildman–Crippen LogP) is 2.82. The van der Waals surface area contributed by atoms with Crippen LogP contribution in [0.5, 0.6) is 0 Å². The molecule has 0 aromatic heterocycles. The molecule has 1 saturated heterocycles. The van der Waals surface area contributed by atoms with E-state index in [1.54, 1.807) is 0 Å². The molecule has 0 unspecified atom stereocenters. The van der Waals surface area contributed by atoms with Crippen molar-refractivity contribution in [3.8, 4) is 0 Å². The van der Waals surface area contributed by atoms with Crippen LogP contribution in [-0.4, -0.2) is 61.1 Å². The molecule has 150 valence electrons. The molecule has 3 rings (SSSR count). The van der Waals surface area contributed by atoms with E-state index in [0.29, 0.717) is 6.04 Å². The Kier molecular flexibility index (Phi) is 7.53. The average molecular weight is 372 g/mol. The molecule has 0 bridgehead atoms. The van der Waals surface area contributed by atoms with Gasteiger partial charge in [-0.25, -0.2) is 0 Å². The summed E-state index contributed by atoms with van der Waals surface area (Å²) in [5.74, 6) is 0.885. The molecule has 2 fully saturated rings. The number of aliphatic imine (C=N–C) groups is 1. The zero-order valence-electron chi connectivity index (χ0n) is 17.4. The largest absolute Gasteiger partial charge is 0.355 e.